The third-order valence-electron chi connectivity index (χ3n) is 6.32. The van der Waals surface area contributed by atoms with Crippen LogP contribution in [0.1, 0.15) is 65.8 Å². The van der Waals surface area contributed by atoms with Gasteiger partial charge >= 0.3 is 13.5 Å². The number of alkyl halides is 1. The van der Waals surface area contributed by atoms with Crippen LogP contribution in [0.2, 0.25) is 0 Å². The SMILES string of the molecule is [2H][C@@]1(n2cc(F)c(=S)[nH]c2=O)O[C@](F)(COP2(=O)OCc3c(F)c(C(C)(C)C)cc(C(C)(C)C)c3O2)[C@@H](O)[C@H]1O. The Morgan fingerprint density at radius 2 is 1.87 bits per heavy atom. The van der Waals surface area contributed by atoms with Crippen molar-refractivity contribution in [1.82, 2.24) is 9.55 Å². The van der Waals surface area contributed by atoms with Crippen LogP contribution in [0.25, 0.3) is 0 Å². The van der Waals surface area contributed by atoms with Crippen LogP contribution in [-0.2, 0) is 35.8 Å². The normalized spacial score (nSPS) is 31.5. The summed E-state index contributed by atoms with van der Waals surface area (Å²) in [6.45, 7) is 8.96. The fourth-order valence-corrected chi connectivity index (χ4v) is 5.50. The van der Waals surface area contributed by atoms with Gasteiger partial charge in [-0.3, -0.25) is 18.6 Å². The number of rotatable bonds is 4. The van der Waals surface area contributed by atoms with E-state index in [1.807, 2.05) is 46.5 Å². The van der Waals surface area contributed by atoms with Gasteiger partial charge in [-0.05, 0) is 22.5 Å². The average Bonchev–Trinajstić information content (AvgIpc) is 2.99. The van der Waals surface area contributed by atoms with Gasteiger partial charge in [0.2, 0.25) is 0 Å². The zero-order valence-electron chi connectivity index (χ0n) is 23.0. The number of H-pyrrole nitrogens is 1. The number of benzene rings is 1. The number of phosphoric ester groups is 1. The zero-order chi connectivity index (χ0) is 30.2. The van der Waals surface area contributed by atoms with Gasteiger partial charge in [0, 0.05) is 5.56 Å². The minimum absolute atomic E-state index is 0.0111. The first-order valence-corrected chi connectivity index (χ1v) is 13.7. The number of fused-ring (bicyclic) bond motifs is 1. The van der Waals surface area contributed by atoms with Crippen LogP contribution in [0.3, 0.4) is 0 Å². The Balaban J connectivity index is 1.65. The van der Waals surface area contributed by atoms with Gasteiger partial charge < -0.3 is 19.5 Å². The second kappa shape index (κ2) is 9.79. The van der Waals surface area contributed by atoms with E-state index in [0.29, 0.717) is 17.3 Å². The summed E-state index contributed by atoms with van der Waals surface area (Å²) in [5.74, 6) is -5.38. The van der Waals surface area contributed by atoms with Crippen molar-refractivity contribution in [2.45, 2.75) is 83.2 Å². The minimum Gasteiger partial charge on any atom is -0.403 e. The van der Waals surface area contributed by atoms with Crippen LogP contribution >= 0.6 is 20.0 Å². The van der Waals surface area contributed by atoms with Crippen LogP contribution in [0.4, 0.5) is 13.2 Å². The highest BCUT2D eigenvalue weighted by Gasteiger charge is 2.58. The van der Waals surface area contributed by atoms with E-state index < -0.39 is 78.1 Å². The molecule has 15 heteroatoms. The second-order valence-corrected chi connectivity index (χ2v) is 13.4. The van der Waals surface area contributed by atoms with E-state index in [0.717, 1.165) is 0 Å². The molecule has 2 aromatic rings. The third kappa shape index (κ3) is 5.48. The quantitative estimate of drug-likeness (QED) is 0.347. The first kappa shape index (κ1) is 28.5. The number of ether oxygens (including phenoxy) is 1. The van der Waals surface area contributed by atoms with Gasteiger partial charge in [0.1, 0.15) is 35.0 Å². The predicted molar refractivity (Wildman–Crippen MR) is 135 cm³/mol. The molecule has 3 heterocycles. The van der Waals surface area contributed by atoms with E-state index in [1.54, 1.807) is 6.07 Å². The van der Waals surface area contributed by atoms with Crippen molar-refractivity contribution in [2.75, 3.05) is 6.61 Å². The molecule has 0 radical (unpaired) electrons. The first-order valence-electron chi connectivity index (χ1n) is 12.4. The lowest BCUT2D eigenvalue weighted by atomic mass is 9.78. The van der Waals surface area contributed by atoms with E-state index in [1.165, 1.54) is 0 Å². The molecule has 3 N–H and O–H groups in total. The van der Waals surface area contributed by atoms with Gasteiger partial charge in [0.25, 0.3) is 5.85 Å². The fraction of sp³-hybridized carbons (Fsp3) is 0.583. The maximum atomic E-state index is 15.8. The molecule has 1 unspecified atom stereocenters. The molecule has 0 aliphatic carbocycles. The number of aromatic nitrogens is 2. The molecule has 0 saturated carbocycles. The lowest BCUT2D eigenvalue weighted by molar-refractivity contribution is -0.205. The second-order valence-electron chi connectivity index (χ2n) is 11.4. The van der Waals surface area contributed by atoms with Crippen LogP contribution in [-0.4, -0.2) is 44.4 Å². The minimum atomic E-state index is -4.69. The molecule has 10 nitrogen and oxygen atoms in total. The molecule has 5 atom stereocenters. The molecule has 1 fully saturated rings. The third-order valence-corrected chi connectivity index (χ3v) is 7.91. The van der Waals surface area contributed by atoms with E-state index in [-0.39, 0.29) is 15.9 Å². The molecular weight excluding hydrogens is 564 g/mol. The Labute approximate surface area is 228 Å². The molecule has 2 aliphatic rings. The van der Waals surface area contributed by atoms with Crippen LogP contribution < -0.4 is 10.2 Å². The number of nitrogens with zero attached hydrogens (tertiary/aromatic N) is 1. The summed E-state index contributed by atoms with van der Waals surface area (Å²) in [6.07, 6.45) is -7.67. The maximum Gasteiger partial charge on any atom is 0.530 e. The van der Waals surface area contributed by atoms with E-state index in [4.69, 9.17) is 19.7 Å². The van der Waals surface area contributed by atoms with Gasteiger partial charge in [-0.25, -0.2) is 22.5 Å². The molecule has 4 rings (SSSR count). The summed E-state index contributed by atoms with van der Waals surface area (Å²) in [6, 6.07) is 1.59. The van der Waals surface area contributed by atoms with Gasteiger partial charge in [-0.15, -0.1) is 0 Å². The number of aromatic amines is 1. The molecule has 216 valence electrons. The lowest BCUT2D eigenvalue weighted by Gasteiger charge is -2.34. The van der Waals surface area contributed by atoms with E-state index in [2.05, 4.69) is 12.2 Å². The Bertz CT molecular complexity index is 1520. The molecule has 39 heavy (non-hydrogen) atoms. The van der Waals surface area contributed by atoms with Crippen molar-refractivity contribution in [2.24, 2.45) is 0 Å². The number of aliphatic hydroxyl groups excluding tert-OH is 2. The standard InChI is InChI=1S/C24H30F3N2O8PS/c1-22(2,3)12-7-13(23(4,5)6)17-11(15(12)26)9-34-38(33,37-17)35-10-24(27)18(31)16(30)20(36-24)29-8-14(25)19(39)28-21(29)32/h7-8,16,18,20,30-31H,9-10H2,1-6H3,(H,28,32,39)/t16-,18+,20-,24-,38?/m1/s1/i20D. The Morgan fingerprint density at radius 1 is 1.26 bits per heavy atom. The summed E-state index contributed by atoms with van der Waals surface area (Å²) >= 11 is 4.59. The zero-order valence-corrected chi connectivity index (χ0v) is 23.7. The molecule has 1 aromatic carbocycles. The molecule has 2 aliphatic heterocycles. The molecule has 1 aromatic heterocycles. The Kier molecular flexibility index (Phi) is 7.15. The number of phosphoric acid groups is 1. The number of halogens is 3. The summed E-state index contributed by atoms with van der Waals surface area (Å²) in [4.78, 5) is 14.2. The van der Waals surface area contributed by atoms with Crippen molar-refractivity contribution in [3.05, 3.63) is 55.7 Å². The van der Waals surface area contributed by atoms with Crippen molar-refractivity contribution in [3.8, 4) is 5.75 Å². The molecule has 1 saturated heterocycles. The van der Waals surface area contributed by atoms with Crippen molar-refractivity contribution >= 4 is 20.0 Å². The fourth-order valence-electron chi connectivity index (χ4n) is 4.13. The molecule has 0 spiro atoms. The first-order chi connectivity index (χ1) is 18.1. The summed E-state index contributed by atoms with van der Waals surface area (Å²) in [5, 5.41) is 20.8. The highest BCUT2D eigenvalue weighted by molar-refractivity contribution is 7.71. The number of aliphatic hydroxyl groups is 2. The van der Waals surface area contributed by atoms with Crippen molar-refractivity contribution < 1.29 is 47.6 Å². The van der Waals surface area contributed by atoms with Gasteiger partial charge in [0.05, 0.1) is 19.7 Å². The van der Waals surface area contributed by atoms with Crippen LogP contribution in [0.15, 0.2) is 17.1 Å². The number of nitrogens with one attached hydrogen (secondary N) is 1. The predicted octanol–water partition coefficient (Wildman–Crippen LogP) is 4.43. The van der Waals surface area contributed by atoms with Crippen molar-refractivity contribution in [1.29, 1.82) is 0 Å². The molecule has 0 bridgehead atoms. The van der Waals surface area contributed by atoms with E-state index in [9.17, 15) is 24.0 Å². The van der Waals surface area contributed by atoms with Gasteiger partial charge in [0.15, 0.2) is 12.0 Å². The van der Waals surface area contributed by atoms with E-state index >= 15 is 8.78 Å². The summed E-state index contributed by atoms with van der Waals surface area (Å²) in [7, 11) is -4.69. The Morgan fingerprint density at radius 3 is 2.46 bits per heavy atom. The lowest BCUT2D eigenvalue weighted by Crippen LogP contribution is -2.43. The van der Waals surface area contributed by atoms with Crippen LogP contribution in [0.5, 0.6) is 5.75 Å². The smallest absolute Gasteiger partial charge is 0.403 e. The number of hydrogen-bond acceptors (Lipinski definition) is 9. The largest absolute Gasteiger partial charge is 0.530 e. The molecular formula is C24H30F3N2O8PS. The summed E-state index contributed by atoms with van der Waals surface area (Å²) < 4.78 is 87.2. The van der Waals surface area contributed by atoms with Crippen LogP contribution in [0, 0.1) is 16.3 Å². The molecule has 0 amide bonds. The highest BCUT2D eigenvalue weighted by atomic mass is 32.1. The Hall–Kier alpha value is -2.06. The topological polar surface area (TPSA) is 132 Å². The monoisotopic (exact) mass is 595 g/mol. The van der Waals surface area contributed by atoms with Gasteiger partial charge in [-0.1, -0.05) is 53.8 Å². The average molecular weight is 596 g/mol. The highest BCUT2D eigenvalue weighted by Crippen LogP contribution is 2.58. The van der Waals surface area contributed by atoms with Crippen molar-refractivity contribution in [3.63, 3.8) is 0 Å². The maximum absolute atomic E-state index is 15.8. The number of hydrogen-bond donors (Lipinski definition) is 3. The van der Waals surface area contributed by atoms with Gasteiger partial charge in [-0.2, -0.15) is 0 Å². The summed E-state index contributed by atoms with van der Waals surface area (Å²) in [5.41, 5.74) is -1.61.